The van der Waals surface area contributed by atoms with E-state index >= 15 is 0 Å². The second-order valence-electron chi connectivity index (χ2n) is 5.45. The SMILES string of the molecule is O=C1CC(N2CC(C(=O)O)c3ccccc32)CCCN1. The molecule has 0 aromatic heterocycles. The lowest BCUT2D eigenvalue weighted by atomic mass is 10.0. The van der Waals surface area contributed by atoms with Crippen molar-refractivity contribution in [2.24, 2.45) is 0 Å². The Kier molecular flexibility index (Phi) is 3.34. The Bertz CT molecular complexity index is 544. The molecule has 1 fully saturated rings. The minimum atomic E-state index is -0.793. The van der Waals surface area contributed by atoms with E-state index in [4.69, 9.17) is 0 Å². The van der Waals surface area contributed by atoms with Crippen molar-refractivity contribution in [2.75, 3.05) is 18.0 Å². The first kappa shape index (κ1) is 13.0. The van der Waals surface area contributed by atoms with E-state index in [9.17, 15) is 14.7 Å². The van der Waals surface area contributed by atoms with Crippen molar-refractivity contribution >= 4 is 17.6 Å². The van der Waals surface area contributed by atoms with Crippen LogP contribution in [0.3, 0.4) is 0 Å². The summed E-state index contributed by atoms with van der Waals surface area (Å²) in [5.74, 6) is -1.22. The Hall–Kier alpha value is -2.04. The summed E-state index contributed by atoms with van der Waals surface area (Å²) in [5, 5.41) is 12.3. The van der Waals surface area contributed by atoms with Crippen LogP contribution in [0.2, 0.25) is 0 Å². The van der Waals surface area contributed by atoms with Crippen molar-refractivity contribution in [3.05, 3.63) is 29.8 Å². The molecule has 2 aliphatic heterocycles. The normalized spacial score (nSPS) is 25.8. The summed E-state index contributed by atoms with van der Waals surface area (Å²) < 4.78 is 0. The van der Waals surface area contributed by atoms with E-state index in [1.54, 1.807) is 0 Å². The molecule has 2 atom stereocenters. The van der Waals surface area contributed by atoms with Gasteiger partial charge in [-0.25, -0.2) is 0 Å². The molecule has 1 aromatic carbocycles. The Morgan fingerprint density at radius 2 is 2.15 bits per heavy atom. The number of carbonyl (C=O) groups is 2. The van der Waals surface area contributed by atoms with Crippen molar-refractivity contribution in [2.45, 2.75) is 31.2 Å². The fourth-order valence-corrected chi connectivity index (χ4v) is 3.21. The Labute approximate surface area is 117 Å². The molecule has 2 heterocycles. The van der Waals surface area contributed by atoms with Gasteiger partial charge in [-0.15, -0.1) is 0 Å². The molecule has 2 N–H and O–H groups in total. The van der Waals surface area contributed by atoms with Gasteiger partial charge in [0.25, 0.3) is 0 Å². The number of carboxylic acid groups (broad SMARTS) is 1. The van der Waals surface area contributed by atoms with Crippen molar-refractivity contribution in [1.82, 2.24) is 5.32 Å². The van der Waals surface area contributed by atoms with Crippen molar-refractivity contribution in [3.8, 4) is 0 Å². The summed E-state index contributed by atoms with van der Waals surface area (Å²) in [6, 6.07) is 7.74. The lowest BCUT2D eigenvalue weighted by molar-refractivity contribution is -0.138. The van der Waals surface area contributed by atoms with Crippen LogP contribution in [0, 0.1) is 0 Å². The largest absolute Gasteiger partial charge is 0.481 e. The third-order valence-electron chi connectivity index (χ3n) is 4.20. The van der Waals surface area contributed by atoms with Gasteiger partial charge in [0.15, 0.2) is 0 Å². The lowest BCUT2D eigenvalue weighted by Crippen LogP contribution is -2.37. The zero-order valence-electron chi connectivity index (χ0n) is 11.2. The van der Waals surface area contributed by atoms with Gasteiger partial charge in [0.05, 0.1) is 0 Å². The number of hydrogen-bond acceptors (Lipinski definition) is 3. The molecule has 5 nitrogen and oxygen atoms in total. The van der Waals surface area contributed by atoms with Crippen LogP contribution in [0.1, 0.15) is 30.7 Å². The minimum absolute atomic E-state index is 0.0590. The van der Waals surface area contributed by atoms with E-state index in [1.165, 1.54) is 0 Å². The highest BCUT2D eigenvalue weighted by Crippen LogP contribution is 2.38. The van der Waals surface area contributed by atoms with E-state index in [2.05, 4.69) is 10.2 Å². The fourth-order valence-electron chi connectivity index (χ4n) is 3.21. The van der Waals surface area contributed by atoms with Crippen LogP contribution in [0.5, 0.6) is 0 Å². The van der Waals surface area contributed by atoms with Crippen LogP contribution in [-0.4, -0.2) is 36.1 Å². The first-order valence-corrected chi connectivity index (χ1v) is 7.02. The topological polar surface area (TPSA) is 69.6 Å². The van der Waals surface area contributed by atoms with Crippen molar-refractivity contribution in [3.63, 3.8) is 0 Å². The molecule has 0 saturated carbocycles. The van der Waals surface area contributed by atoms with Gasteiger partial charge in [0.2, 0.25) is 5.91 Å². The molecule has 1 aromatic rings. The molecule has 0 aliphatic carbocycles. The zero-order chi connectivity index (χ0) is 14.1. The number of fused-ring (bicyclic) bond motifs is 1. The Morgan fingerprint density at radius 1 is 1.35 bits per heavy atom. The predicted octanol–water partition coefficient (Wildman–Crippen LogP) is 1.34. The van der Waals surface area contributed by atoms with Gasteiger partial charge >= 0.3 is 5.97 Å². The van der Waals surface area contributed by atoms with Crippen LogP contribution >= 0.6 is 0 Å². The third-order valence-corrected chi connectivity index (χ3v) is 4.20. The van der Waals surface area contributed by atoms with Crippen LogP contribution in [-0.2, 0) is 9.59 Å². The maximum Gasteiger partial charge on any atom is 0.312 e. The molecular formula is C15H18N2O3. The van der Waals surface area contributed by atoms with E-state index in [-0.39, 0.29) is 11.9 Å². The minimum Gasteiger partial charge on any atom is -0.481 e. The second kappa shape index (κ2) is 5.15. The first-order valence-electron chi connectivity index (χ1n) is 7.02. The number of amides is 1. The maximum absolute atomic E-state index is 11.7. The molecule has 20 heavy (non-hydrogen) atoms. The number of carboxylic acids is 1. The average Bonchev–Trinajstić information content (AvgIpc) is 2.69. The molecule has 0 bridgehead atoms. The quantitative estimate of drug-likeness (QED) is 0.854. The summed E-state index contributed by atoms with van der Waals surface area (Å²) in [6.07, 6.45) is 2.30. The van der Waals surface area contributed by atoms with Gasteiger partial charge in [-0.05, 0) is 24.5 Å². The molecule has 0 radical (unpaired) electrons. The van der Waals surface area contributed by atoms with Gasteiger partial charge in [0, 0.05) is 31.2 Å². The van der Waals surface area contributed by atoms with E-state index < -0.39 is 11.9 Å². The molecule has 1 saturated heterocycles. The Balaban J connectivity index is 1.91. The van der Waals surface area contributed by atoms with Crippen molar-refractivity contribution < 1.29 is 14.7 Å². The highest BCUT2D eigenvalue weighted by Gasteiger charge is 2.37. The molecule has 2 aliphatic rings. The second-order valence-corrected chi connectivity index (χ2v) is 5.45. The highest BCUT2D eigenvalue weighted by molar-refractivity contribution is 5.84. The number of anilines is 1. The van der Waals surface area contributed by atoms with Gasteiger partial charge in [-0.2, -0.15) is 0 Å². The number of benzene rings is 1. The standard InChI is InChI=1S/C15H18N2O3/c18-14-8-10(4-3-7-16-14)17-9-12(15(19)20)11-5-1-2-6-13(11)17/h1-2,5-6,10,12H,3-4,7-9H2,(H,16,18)(H,19,20). The van der Waals surface area contributed by atoms with E-state index in [0.717, 1.165) is 24.1 Å². The summed E-state index contributed by atoms with van der Waals surface area (Å²) in [5.41, 5.74) is 1.84. The predicted molar refractivity (Wildman–Crippen MR) is 74.8 cm³/mol. The summed E-state index contributed by atoms with van der Waals surface area (Å²) in [7, 11) is 0. The average molecular weight is 274 g/mol. The van der Waals surface area contributed by atoms with Crippen LogP contribution in [0.4, 0.5) is 5.69 Å². The van der Waals surface area contributed by atoms with Gasteiger partial charge < -0.3 is 15.3 Å². The van der Waals surface area contributed by atoms with E-state index in [1.807, 2.05) is 24.3 Å². The third kappa shape index (κ3) is 2.24. The molecule has 0 spiro atoms. The molecular weight excluding hydrogens is 256 g/mol. The zero-order valence-corrected chi connectivity index (χ0v) is 11.2. The number of para-hydroxylation sites is 1. The molecule has 2 unspecified atom stereocenters. The number of aliphatic carboxylic acids is 1. The Morgan fingerprint density at radius 3 is 2.95 bits per heavy atom. The summed E-state index contributed by atoms with van der Waals surface area (Å²) in [4.78, 5) is 25.3. The number of carbonyl (C=O) groups excluding carboxylic acids is 1. The van der Waals surface area contributed by atoms with Gasteiger partial charge in [-0.1, -0.05) is 18.2 Å². The smallest absolute Gasteiger partial charge is 0.312 e. The summed E-state index contributed by atoms with van der Waals surface area (Å²) in [6.45, 7) is 1.18. The van der Waals surface area contributed by atoms with Crippen molar-refractivity contribution in [1.29, 1.82) is 0 Å². The first-order chi connectivity index (χ1) is 9.66. The monoisotopic (exact) mass is 274 g/mol. The summed E-state index contributed by atoms with van der Waals surface area (Å²) >= 11 is 0. The maximum atomic E-state index is 11.7. The number of rotatable bonds is 2. The molecule has 1 amide bonds. The van der Waals surface area contributed by atoms with Crippen LogP contribution < -0.4 is 10.2 Å². The number of nitrogens with zero attached hydrogens (tertiary/aromatic N) is 1. The van der Waals surface area contributed by atoms with Crippen LogP contribution in [0.25, 0.3) is 0 Å². The van der Waals surface area contributed by atoms with Crippen LogP contribution in [0.15, 0.2) is 24.3 Å². The molecule has 3 rings (SSSR count). The molecule has 5 heteroatoms. The van der Waals surface area contributed by atoms with E-state index in [0.29, 0.717) is 19.5 Å². The van der Waals surface area contributed by atoms with Gasteiger partial charge in [0.1, 0.15) is 5.92 Å². The molecule has 106 valence electrons. The number of hydrogen-bond donors (Lipinski definition) is 2. The number of nitrogens with one attached hydrogen (secondary N) is 1. The lowest BCUT2D eigenvalue weighted by Gasteiger charge is -2.29. The highest BCUT2D eigenvalue weighted by atomic mass is 16.4. The van der Waals surface area contributed by atoms with Gasteiger partial charge in [-0.3, -0.25) is 9.59 Å². The fraction of sp³-hybridized carbons (Fsp3) is 0.467.